The third kappa shape index (κ3) is 3.32. The SMILES string of the molecule is [2H]C1([2H])O[C@@]2([2H])Cn3cc(C(=O)NCc4ccc(F)cc4F)c(=O)c(O)c3C(=O)N2[C@H](C)C1([2H])[2H]. The molecule has 2 amide bonds. The molecule has 8 nitrogen and oxygen atoms in total. The average molecular weight is 424 g/mol. The number of aromatic hydroxyl groups is 1. The van der Waals surface area contributed by atoms with Crippen LogP contribution < -0.4 is 10.7 Å². The maximum absolute atomic E-state index is 13.8. The second-order valence-electron chi connectivity index (χ2n) is 6.71. The molecule has 2 aliphatic heterocycles. The van der Waals surface area contributed by atoms with E-state index < -0.39 is 84.2 Å². The Morgan fingerprint density at radius 3 is 2.93 bits per heavy atom. The highest BCUT2D eigenvalue weighted by molar-refractivity contribution is 5.99. The summed E-state index contributed by atoms with van der Waals surface area (Å²) in [5.74, 6) is -5.14. The first-order valence-corrected chi connectivity index (χ1v) is 8.83. The highest BCUT2D eigenvalue weighted by Gasteiger charge is 2.41. The first kappa shape index (κ1) is 14.7. The Balaban J connectivity index is 1.71. The lowest BCUT2D eigenvalue weighted by molar-refractivity contribution is -0.112. The summed E-state index contributed by atoms with van der Waals surface area (Å²) in [4.78, 5) is 39.0. The number of halogens is 2. The van der Waals surface area contributed by atoms with Gasteiger partial charge in [-0.05, 0) is 19.4 Å². The number of carbonyl (C=O) groups is 2. The van der Waals surface area contributed by atoms with Crippen LogP contribution in [0.25, 0.3) is 0 Å². The van der Waals surface area contributed by atoms with Gasteiger partial charge in [0, 0.05) is 33.2 Å². The molecule has 1 fully saturated rings. The molecule has 1 aromatic heterocycles. The number of carbonyl (C=O) groups excluding carboxylic acids is 2. The molecule has 10 heteroatoms. The summed E-state index contributed by atoms with van der Waals surface area (Å²) >= 11 is 0. The number of fused-ring (bicyclic) bond motifs is 2. The number of ether oxygens (including phenoxy) is 1. The highest BCUT2D eigenvalue weighted by Crippen LogP contribution is 2.29. The minimum absolute atomic E-state index is 0.0842. The molecule has 158 valence electrons. The maximum Gasteiger partial charge on any atom is 0.276 e. The fourth-order valence-corrected chi connectivity index (χ4v) is 3.26. The smallest absolute Gasteiger partial charge is 0.276 e. The Kier molecular flexibility index (Phi) is 3.68. The van der Waals surface area contributed by atoms with Gasteiger partial charge in [-0.3, -0.25) is 14.4 Å². The second kappa shape index (κ2) is 7.52. The minimum atomic E-state index is -2.97. The van der Waals surface area contributed by atoms with Gasteiger partial charge < -0.3 is 24.6 Å². The van der Waals surface area contributed by atoms with E-state index in [0.29, 0.717) is 11.0 Å². The van der Waals surface area contributed by atoms with Gasteiger partial charge >= 0.3 is 0 Å². The fourth-order valence-electron chi connectivity index (χ4n) is 3.26. The van der Waals surface area contributed by atoms with Gasteiger partial charge in [-0.1, -0.05) is 6.07 Å². The van der Waals surface area contributed by atoms with Crippen molar-refractivity contribution >= 4 is 11.8 Å². The molecule has 0 spiro atoms. The monoisotopic (exact) mass is 424 g/mol. The van der Waals surface area contributed by atoms with E-state index in [1.165, 1.54) is 6.92 Å². The van der Waals surface area contributed by atoms with Gasteiger partial charge in [0.15, 0.2) is 17.6 Å². The van der Waals surface area contributed by atoms with E-state index in [9.17, 15) is 28.3 Å². The van der Waals surface area contributed by atoms with Crippen LogP contribution in [0.2, 0.25) is 0 Å². The molecule has 2 aliphatic rings. The summed E-state index contributed by atoms with van der Waals surface area (Å²) in [6.45, 7) is -2.90. The van der Waals surface area contributed by atoms with Crippen molar-refractivity contribution in [2.45, 2.75) is 38.6 Å². The Morgan fingerprint density at radius 1 is 1.43 bits per heavy atom. The number of pyridine rings is 1. The molecule has 0 saturated carbocycles. The van der Waals surface area contributed by atoms with Gasteiger partial charge in [0.25, 0.3) is 11.8 Å². The molecule has 30 heavy (non-hydrogen) atoms. The van der Waals surface area contributed by atoms with Crippen molar-refractivity contribution in [3.05, 3.63) is 63.1 Å². The Morgan fingerprint density at radius 2 is 2.20 bits per heavy atom. The van der Waals surface area contributed by atoms with Crippen LogP contribution in [-0.4, -0.2) is 45.2 Å². The Labute approximate surface area is 176 Å². The summed E-state index contributed by atoms with van der Waals surface area (Å²) in [5.41, 5.74) is -2.63. The van der Waals surface area contributed by atoms with E-state index in [4.69, 9.17) is 11.6 Å². The van der Waals surface area contributed by atoms with Gasteiger partial charge in [-0.2, -0.15) is 0 Å². The normalized spacial score (nSPS) is 28.8. The van der Waals surface area contributed by atoms with E-state index in [0.717, 1.165) is 22.9 Å². The van der Waals surface area contributed by atoms with Crippen molar-refractivity contribution in [3.8, 4) is 5.75 Å². The largest absolute Gasteiger partial charge is 0.503 e. The Bertz CT molecular complexity index is 1320. The van der Waals surface area contributed by atoms with Crippen LogP contribution in [0.3, 0.4) is 0 Å². The first-order valence-electron chi connectivity index (χ1n) is 11.3. The van der Waals surface area contributed by atoms with Crippen LogP contribution in [0.1, 0.15) is 46.6 Å². The van der Waals surface area contributed by atoms with Crippen molar-refractivity contribution in [3.63, 3.8) is 0 Å². The number of aromatic nitrogens is 1. The summed E-state index contributed by atoms with van der Waals surface area (Å²) < 4.78 is 73.2. The predicted molar refractivity (Wildman–Crippen MR) is 99.9 cm³/mol. The van der Waals surface area contributed by atoms with Crippen molar-refractivity contribution in [2.24, 2.45) is 0 Å². The molecule has 1 saturated heterocycles. The second-order valence-corrected chi connectivity index (χ2v) is 6.71. The number of amides is 2. The van der Waals surface area contributed by atoms with E-state index in [-0.39, 0.29) is 5.56 Å². The van der Waals surface area contributed by atoms with Crippen LogP contribution in [0, 0.1) is 11.6 Å². The lowest BCUT2D eigenvalue weighted by Crippen LogP contribution is -2.57. The third-order valence-corrected chi connectivity index (χ3v) is 4.77. The lowest BCUT2D eigenvalue weighted by Gasteiger charge is -2.44. The standard InChI is InChI=1S/C20H19F2N3O5/c1-10-4-5-30-15-9-24-8-13(17(26)18(27)16(24)20(29)25(10)15)19(28)23-7-11-2-3-12(21)6-14(11)22/h2-3,6,8,10,15,27H,4-5,7,9H2,1H3,(H,23,28)/t10-,15+/m1/s1/i4D2,5D2,15D. The van der Waals surface area contributed by atoms with E-state index in [2.05, 4.69) is 5.32 Å². The van der Waals surface area contributed by atoms with Crippen LogP contribution in [0.5, 0.6) is 5.75 Å². The van der Waals surface area contributed by atoms with Crippen LogP contribution in [0.4, 0.5) is 8.78 Å². The summed E-state index contributed by atoms with van der Waals surface area (Å²) in [5, 5.41) is 12.7. The highest BCUT2D eigenvalue weighted by atomic mass is 19.1. The number of nitrogens with one attached hydrogen (secondary N) is 1. The van der Waals surface area contributed by atoms with Gasteiger partial charge in [-0.25, -0.2) is 8.78 Å². The molecule has 1 aromatic carbocycles. The van der Waals surface area contributed by atoms with E-state index in [1.54, 1.807) is 0 Å². The first-order chi connectivity index (χ1) is 16.1. The summed E-state index contributed by atoms with van der Waals surface area (Å²) in [6.07, 6.45) is -4.34. The van der Waals surface area contributed by atoms with Gasteiger partial charge in [-0.15, -0.1) is 0 Å². The molecule has 2 N–H and O–H groups in total. The molecule has 4 rings (SSSR count). The quantitative estimate of drug-likeness (QED) is 0.775. The number of rotatable bonds is 3. The zero-order valence-electron chi connectivity index (χ0n) is 20.5. The topological polar surface area (TPSA) is 101 Å². The third-order valence-electron chi connectivity index (χ3n) is 4.77. The molecular weight excluding hydrogens is 400 g/mol. The lowest BCUT2D eigenvalue weighted by atomic mass is 10.1. The van der Waals surface area contributed by atoms with Crippen LogP contribution in [0.15, 0.2) is 29.2 Å². The molecule has 0 bridgehead atoms. The Hall–Kier alpha value is -3.27. The average Bonchev–Trinajstić information content (AvgIpc) is 2.73. The van der Waals surface area contributed by atoms with Gasteiger partial charge in [0.1, 0.15) is 17.2 Å². The van der Waals surface area contributed by atoms with Gasteiger partial charge in [0.2, 0.25) is 5.43 Å². The zero-order valence-corrected chi connectivity index (χ0v) is 15.5. The zero-order chi connectivity index (χ0) is 26.1. The molecular formula is C20H19F2N3O5. The summed E-state index contributed by atoms with van der Waals surface area (Å²) in [6, 6.07) is 1.15. The number of nitrogens with zero attached hydrogens (tertiary/aromatic N) is 2. The fraction of sp³-hybridized carbons (Fsp3) is 0.350. The van der Waals surface area contributed by atoms with Crippen molar-refractivity contribution < 1.29 is 35.1 Å². The number of hydrogen-bond acceptors (Lipinski definition) is 5. The number of benzene rings is 1. The molecule has 2 aromatic rings. The van der Waals surface area contributed by atoms with Gasteiger partial charge in [0.05, 0.1) is 17.2 Å². The molecule has 0 radical (unpaired) electrons. The minimum Gasteiger partial charge on any atom is -0.503 e. The molecule has 3 heterocycles. The van der Waals surface area contributed by atoms with E-state index >= 15 is 0 Å². The van der Waals surface area contributed by atoms with Crippen molar-refractivity contribution in [1.82, 2.24) is 14.8 Å². The predicted octanol–water partition coefficient (Wildman–Crippen LogP) is 1.35. The maximum atomic E-state index is 13.8. The van der Waals surface area contributed by atoms with Crippen LogP contribution in [-0.2, 0) is 17.8 Å². The van der Waals surface area contributed by atoms with Crippen molar-refractivity contribution in [2.75, 3.05) is 6.56 Å². The van der Waals surface area contributed by atoms with Crippen molar-refractivity contribution in [1.29, 1.82) is 0 Å². The molecule has 0 unspecified atom stereocenters. The molecule has 0 aliphatic carbocycles. The van der Waals surface area contributed by atoms with E-state index in [1.807, 2.05) is 0 Å². The van der Waals surface area contributed by atoms with Crippen LogP contribution >= 0.6 is 0 Å². The number of hydrogen-bond donors (Lipinski definition) is 2. The molecule has 2 atom stereocenters. The summed E-state index contributed by atoms with van der Waals surface area (Å²) in [7, 11) is 0.